The Labute approximate surface area is 171 Å². The first-order valence-electron chi connectivity index (χ1n) is 9.27. The molecule has 1 rings (SSSR count). The third-order valence-corrected chi connectivity index (χ3v) is 4.50. The van der Waals surface area contributed by atoms with Gasteiger partial charge in [0.05, 0.1) is 12.5 Å². The van der Waals surface area contributed by atoms with Gasteiger partial charge in [0.1, 0.15) is 18.1 Å². The minimum atomic E-state index is -1.76. The lowest BCUT2D eigenvalue weighted by atomic mass is 10.1. The Hall–Kier alpha value is -3.22. The van der Waals surface area contributed by atoms with Gasteiger partial charge in [-0.3, -0.25) is 24.0 Å². The number of rotatable bonds is 11. The van der Waals surface area contributed by atoms with Gasteiger partial charge in [-0.15, -0.1) is 0 Å². The van der Waals surface area contributed by atoms with E-state index in [9.17, 15) is 28.8 Å². The van der Waals surface area contributed by atoms with Gasteiger partial charge in [-0.1, -0.05) is 0 Å². The summed E-state index contributed by atoms with van der Waals surface area (Å²) in [7, 11) is 0. The summed E-state index contributed by atoms with van der Waals surface area (Å²) in [5.41, 5.74) is 5.58. The van der Waals surface area contributed by atoms with E-state index >= 15 is 0 Å². The molecule has 0 saturated carbocycles. The first-order valence-corrected chi connectivity index (χ1v) is 9.27. The lowest BCUT2D eigenvalue weighted by Gasteiger charge is -2.27. The fraction of sp³-hybridized carbons (Fsp3) is 0.647. The highest BCUT2D eigenvalue weighted by Gasteiger charge is 2.37. The maximum Gasteiger partial charge on any atom is 0.326 e. The summed E-state index contributed by atoms with van der Waals surface area (Å²) in [6.45, 7) is 1.76. The van der Waals surface area contributed by atoms with E-state index in [2.05, 4.69) is 5.32 Å². The van der Waals surface area contributed by atoms with Crippen LogP contribution in [0.3, 0.4) is 0 Å². The fourth-order valence-electron chi connectivity index (χ4n) is 3.02. The van der Waals surface area contributed by atoms with Crippen LogP contribution in [-0.4, -0.2) is 86.6 Å². The Bertz CT molecular complexity index is 709. The molecule has 1 aliphatic rings. The summed E-state index contributed by atoms with van der Waals surface area (Å²) in [5.74, 6) is -6.52. The number of carboxylic acid groups (broad SMARTS) is 3. The van der Waals surface area contributed by atoms with Crippen LogP contribution in [0.25, 0.3) is 0 Å². The second-order valence-corrected chi connectivity index (χ2v) is 6.97. The van der Waals surface area contributed by atoms with Crippen molar-refractivity contribution in [1.29, 1.82) is 0 Å². The minimum Gasteiger partial charge on any atom is -0.481 e. The largest absolute Gasteiger partial charge is 0.481 e. The quantitative estimate of drug-likeness (QED) is 0.206. The first kappa shape index (κ1) is 24.8. The molecule has 7 N–H and O–H groups in total. The van der Waals surface area contributed by atoms with Crippen molar-refractivity contribution >= 4 is 35.6 Å². The van der Waals surface area contributed by atoms with Crippen molar-refractivity contribution in [3.8, 4) is 0 Å². The lowest BCUT2D eigenvalue weighted by molar-refractivity contribution is -0.147. The van der Waals surface area contributed by atoms with E-state index in [0.717, 1.165) is 0 Å². The highest BCUT2D eigenvalue weighted by molar-refractivity contribution is 5.95. The van der Waals surface area contributed by atoms with Gasteiger partial charge in [0, 0.05) is 13.0 Å². The van der Waals surface area contributed by atoms with Crippen LogP contribution in [0.1, 0.15) is 39.0 Å². The van der Waals surface area contributed by atoms with E-state index < -0.39 is 72.6 Å². The molecule has 168 valence electrons. The van der Waals surface area contributed by atoms with Gasteiger partial charge in [-0.05, 0) is 26.2 Å². The second kappa shape index (κ2) is 11.1. The number of hydrogen-bond acceptors (Lipinski definition) is 7. The molecular weight excluding hydrogens is 404 g/mol. The standard InChI is InChI=1S/C17H26N4O9/c1-8(18)16(28)21-6-2-3-11(21)15(27)19-9(4-5-12(22)23)14(26)20-10(17(29)30)7-13(24)25/h8-11H,2-7,18H2,1H3,(H,19,27)(H,20,26)(H,22,23)(H,24,25)(H,29,30). The van der Waals surface area contributed by atoms with Crippen LogP contribution in [0.15, 0.2) is 0 Å². The summed E-state index contributed by atoms with van der Waals surface area (Å²) in [6, 6.07) is -4.94. The highest BCUT2D eigenvalue weighted by Crippen LogP contribution is 2.18. The van der Waals surface area contributed by atoms with Gasteiger partial charge < -0.3 is 36.6 Å². The molecule has 0 spiro atoms. The number of carboxylic acids is 3. The lowest BCUT2D eigenvalue weighted by Crippen LogP contribution is -2.56. The maximum atomic E-state index is 12.7. The molecule has 1 saturated heterocycles. The number of carbonyl (C=O) groups is 6. The van der Waals surface area contributed by atoms with E-state index in [1.807, 2.05) is 5.32 Å². The third-order valence-electron chi connectivity index (χ3n) is 4.50. The van der Waals surface area contributed by atoms with Crippen molar-refractivity contribution in [2.24, 2.45) is 5.73 Å². The molecule has 0 aliphatic carbocycles. The summed E-state index contributed by atoms with van der Waals surface area (Å²) in [6.07, 6.45) is -0.932. The minimum absolute atomic E-state index is 0.296. The molecule has 0 aromatic carbocycles. The maximum absolute atomic E-state index is 12.7. The Morgan fingerprint density at radius 2 is 1.67 bits per heavy atom. The molecule has 0 radical (unpaired) electrons. The first-order chi connectivity index (χ1) is 13.9. The fourth-order valence-corrected chi connectivity index (χ4v) is 3.02. The highest BCUT2D eigenvalue weighted by atomic mass is 16.4. The van der Waals surface area contributed by atoms with Crippen molar-refractivity contribution < 1.29 is 44.1 Å². The normalized spacial score (nSPS) is 18.7. The van der Waals surface area contributed by atoms with Crippen LogP contribution in [0.2, 0.25) is 0 Å². The number of nitrogens with one attached hydrogen (secondary N) is 2. The van der Waals surface area contributed by atoms with Gasteiger partial charge in [0.15, 0.2) is 0 Å². The molecule has 1 aliphatic heterocycles. The average Bonchev–Trinajstić information content (AvgIpc) is 3.12. The number of carbonyl (C=O) groups excluding carboxylic acids is 3. The average molecular weight is 430 g/mol. The smallest absolute Gasteiger partial charge is 0.326 e. The van der Waals surface area contributed by atoms with Crippen LogP contribution < -0.4 is 16.4 Å². The van der Waals surface area contributed by atoms with E-state index in [1.165, 1.54) is 11.8 Å². The molecule has 30 heavy (non-hydrogen) atoms. The van der Waals surface area contributed by atoms with E-state index in [0.29, 0.717) is 19.4 Å². The number of hydrogen-bond donors (Lipinski definition) is 6. The molecule has 0 aromatic rings. The van der Waals surface area contributed by atoms with E-state index in [4.69, 9.17) is 21.1 Å². The zero-order valence-electron chi connectivity index (χ0n) is 16.4. The van der Waals surface area contributed by atoms with Gasteiger partial charge in [0.25, 0.3) is 0 Å². The molecule has 1 fully saturated rings. The van der Waals surface area contributed by atoms with Gasteiger partial charge in [-0.25, -0.2) is 4.79 Å². The molecule has 13 nitrogen and oxygen atoms in total. The van der Waals surface area contributed by atoms with Crippen molar-refractivity contribution in [2.45, 2.75) is 63.2 Å². The summed E-state index contributed by atoms with van der Waals surface area (Å²) < 4.78 is 0. The number of nitrogens with two attached hydrogens (primary N) is 1. The van der Waals surface area contributed by atoms with Crippen molar-refractivity contribution in [2.75, 3.05) is 6.54 Å². The molecule has 0 aromatic heterocycles. The Morgan fingerprint density at radius 1 is 1.03 bits per heavy atom. The monoisotopic (exact) mass is 430 g/mol. The Kier molecular flexibility index (Phi) is 9.17. The SMILES string of the molecule is CC(N)C(=O)N1CCCC1C(=O)NC(CCC(=O)O)C(=O)NC(CC(=O)O)C(=O)O. The van der Waals surface area contributed by atoms with Crippen molar-refractivity contribution in [3.05, 3.63) is 0 Å². The van der Waals surface area contributed by atoms with Gasteiger partial charge >= 0.3 is 17.9 Å². The summed E-state index contributed by atoms with van der Waals surface area (Å²) in [5, 5.41) is 31.0. The number of nitrogens with zero attached hydrogens (tertiary/aromatic N) is 1. The van der Waals surface area contributed by atoms with E-state index in [-0.39, 0.29) is 6.42 Å². The van der Waals surface area contributed by atoms with Crippen LogP contribution in [0.5, 0.6) is 0 Å². The Balaban J connectivity index is 2.93. The van der Waals surface area contributed by atoms with E-state index in [1.54, 1.807) is 0 Å². The van der Waals surface area contributed by atoms with Gasteiger partial charge in [0.2, 0.25) is 17.7 Å². The molecule has 4 atom stereocenters. The molecule has 4 unspecified atom stereocenters. The molecular formula is C17H26N4O9. The molecule has 3 amide bonds. The molecule has 13 heteroatoms. The number of amides is 3. The van der Waals surface area contributed by atoms with Crippen LogP contribution in [-0.2, 0) is 28.8 Å². The Morgan fingerprint density at radius 3 is 2.17 bits per heavy atom. The predicted octanol–water partition coefficient (Wildman–Crippen LogP) is -2.28. The predicted molar refractivity (Wildman–Crippen MR) is 99.0 cm³/mol. The summed E-state index contributed by atoms with van der Waals surface area (Å²) >= 11 is 0. The van der Waals surface area contributed by atoms with Gasteiger partial charge in [-0.2, -0.15) is 0 Å². The number of aliphatic carboxylic acids is 3. The zero-order valence-corrected chi connectivity index (χ0v) is 16.4. The summed E-state index contributed by atoms with van der Waals surface area (Å²) in [4.78, 5) is 71.4. The van der Waals surface area contributed by atoms with Crippen LogP contribution in [0, 0.1) is 0 Å². The third kappa shape index (κ3) is 7.31. The van der Waals surface area contributed by atoms with Crippen molar-refractivity contribution in [1.82, 2.24) is 15.5 Å². The molecule has 1 heterocycles. The second-order valence-electron chi connectivity index (χ2n) is 6.97. The molecule has 0 bridgehead atoms. The number of likely N-dealkylation sites (tertiary alicyclic amines) is 1. The topological polar surface area (TPSA) is 216 Å². The van der Waals surface area contributed by atoms with Crippen molar-refractivity contribution in [3.63, 3.8) is 0 Å². The zero-order chi connectivity index (χ0) is 23.0. The van der Waals surface area contributed by atoms with Crippen LogP contribution >= 0.6 is 0 Å². The van der Waals surface area contributed by atoms with Crippen LogP contribution in [0.4, 0.5) is 0 Å².